The summed E-state index contributed by atoms with van der Waals surface area (Å²) < 4.78 is 48.1. The summed E-state index contributed by atoms with van der Waals surface area (Å²) in [5.41, 5.74) is 2.02. The number of alkyl halides is 3. The Hall–Kier alpha value is -3.41. The molecule has 34 heavy (non-hydrogen) atoms. The van der Waals surface area contributed by atoms with Crippen LogP contribution >= 0.6 is 11.6 Å². The average Bonchev–Trinajstić information content (AvgIpc) is 3.47. The first-order valence-electron chi connectivity index (χ1n) is 10.4. The number of carbonyl (C=O) groups excluding carboxylic acids is 1. The van der Waals surface area contributed by atoms with E-state index in [1.165, 1.54) is 12.1 Å². The standard InChI is InChI=1S/C21H21ClF3N7O2/c1-11(32-13(3)17(22)12(2)29-32)8-9-26-18(33)19-28-16(30-34-19)10-31-15-7-5-4-6-14(15)27-20(31)21(23,24)25/h4-7,11H,8-10H2,1-3H3,(H,26,33)/t11-/m0/s1. The quantitative estimate of drug-likeness (QED) is 0.409. The summed E-state index contributed by atoms with van der Waals surface area (Å²) in [7, 11) is 0. The van der Waals surface area contributed by atoms with E-state index in [-0.39, 0.29) is 41.9 Å². The minimum atomic E-state index is -4.67. The fourth-order valence-corrected chi connectivity index (χ4v) is 3.79. The van der Waals surface area contributed by atoms with E-state index in [9.17, 15) is 18.0 Å². The molecule has 0 saturated heterocycles. The second kappa shape index (κ2) is 9.09. The van der Waals surface area contributed by atoms with Gasteiger partial charge in [0.1, 0.15) is 0 Å². The number of hydrogen-bond donors (Lipinski definition) is 1. The zero-order valence-corrected chi connectivity index (χ0v) is 19.3. The number of nitrogens with one attached hydrogen (secondary N) is 1. The van der Waals surface area contributed by atoms with E-state index in [1.807, 2.05) is 20.8 Å². The van der Waals surface area contributed by atoms with Gasteiger partial charge in [-0.05, 0) is 39.3 Å². The topological polar surface area (TPSA) is 104 Å². The maximum atomic E-state index is 13.5. The Morgan fingerprint density at radius 3 is 2.65 bits per heavy atom. The Morgan fingerprint density at radius 2 is 1.97 bits per heavy atom. The van der Waals surface area contributed by atoms with Crippen LogP contribution in [-0.4, -0.2) is 41.9 Å². The van der Waals surface area contributed by atoms with Gasteiger partial charge in [0.25, 0.3) is 0 Å². The summed E-state index contributed by atoms with van der Waals surface area (Å²) in [6.45, 7) is 5.56. The third kappa shape index (κ3) is 4.63. The molecule has 0 aliphatic heterocycles. The van der Waals surface area contributed by atoms with Gasteiger partial charge in [-0.25, -0.2) is 4.98 Å². The molecule has 0 unspecified atom stereocenters. The predicted octanol–water partition coefficient (Wildman–Crippen LogP) is 4.33. The number of para-hydroxylation sites is 2. The first kappa shape index (κ1) is 23.7. The summed E-state index contributed by atoms with van der Waals surface area (Å²) in [4.78, 5) is 20.0. The van der Waals surface area contributed by atoms with Crippen LogP contribution in [0.1, 0.15) is 53.1 Å². The van der Waals surface area contributed by atoms with Crippen LogP contribution in [0.4, 0.5) is 13.2 Å². The molecule has 0 radical (unpaired) electrons. The Kier molecular flexibility index (Phi) is 6.34. The highest BCUT2D eigenvalue weighted by molar-refractivity contribution is 6.31. The Balaban J connectivity index is 1.42. The molecule has 4 rings (SSSR count). The maximum Gasteiger partial charge on any atom is 0.449 e. The van der Waals surface area contributed by atoms with Crippen molar-refractivity contribution in [2.75, 3.05) is 6.54 Å². The van der Waals surface area contributed by atoms with Gasteiger partial charge < -0.3 is 14.4 Å². The highest BCUT2D eigenvalue weighted by Crippen LogP contribution is 2.31. The van der Waals surface area contributed by atoms with Gasteiger partial charge in [-0.2, -0.15) is 23.3 Å². The number of rotatable bonds is 7. The molecule has 13 heteroatoms. The fraction of sp³-hybridized carbons (Fsp3) is 0.381. The number of benzene rings is 1. The van der Waals surface area contributed by atoms with Crippen molar-refractivity contribution < 1.29 is 22.5 Å². The van der Waals surface area contributed by atoms with Crippen molar-refractivity contribution >= 4 is 28.5 Å². The van der Waals surface area contributed by atoms with Gasteiger partial charge in [0.2, 0.25) is 5.82 Å². The van der Waals surface area contributed by atoms with Crippen LogP contribution in [0.2, 0.25) is 5.02 Å². The zero-order chi connectivity index (χ0) is 24.6. The largest absolute Gasteiger partial charge is 0.449 e. The summed E-state index contributed by atoms with van der Waals surface area (Å²) in [5.74, 6) is -2.12. The highest BCUT2D eigenvalue weighted by atomic mass is 35.5. The van der Waals surface area contributed by atoms with E-state index in [1.54, 1.807) is 16.8 Å². The van der Waals surface area contributed by atoms with Crippen molar-refractivity contribution in [2.45, 2.75) is 46.0 Å². The van der Waals surface area contributed by atoms with Crippen LogP contribution < -0.4 is 5.32 Å². The molecule has 1 aromatic carbocycles. The molecule has 1 atom stereocenters. The molecule has 3 aromatic heterocycles. The van der Waals surface area contributed by atoms with E-state index >= 15 is 0 Å². The van der Waals surface area contributed by atoms with Crippen LogP contribution in [-0.2, 0) is 12.7 Å². The van der Waals surface area contributed by atoms with Crippen LogP contribution in [0, 0.1) is 13.8 Å². The SMILES string of the molecule is Cc1nn([C@@H](C)CCNC(=O)c2nc(Cn3c(C(F)(F)F)nc4ccccc43)no2)c(C)c1Cl. The lowest BCUT2D eigenvalue weighted by Crippen LogP contribution is -2.27. The van der Waals surface area contributed by atoms with Crippen molar-refractivity contribution in [3.63, 3.8) is 0 Å². The van der Waals surface area contributed by atoms with Gasteiger partial charge in [-0.15, -0.1) is 0 Å². The molecule has 0 aliphatic rings. The molecule has 1 amide bonds. The molecule has 0 aliphatic carbocycles. The molecule has 0 spiro atoms. The number of carbonyl (C=O) groups is 1. The summed E-state index contributed by atoms with van der Waals surface area (Å²) in [6, 6.07) is 6.18. The summed E-state index contributed by atoms with van der Waals surface area (Å²) in [5, 5.41) is 11.3. The first-order valence-corrected chi connectivity index (χ1v) is 10.8. The molecule has 3 heterocycles. The van der Waals surface area contributed by atoms with Crippen LogP contribution in [0.25, 0.3) is 11.0 Å². The number of fused-ring (bicyclic) bond motifs is 1. The van der Waals surface area contributed by atoms with Crippen LogP contribution in [0.3, 0.4) is 0 Å². The van der Waals surface area contributed by atoms with Gasteiger partial charge in [-0.1, -0.05) is 28.9 Å². The second-order valence-electron chi connectivity index (χ2n) is 7.85. The van der Waals surface area contributed by atoms with Gasteiger partial charge in [0, 0.05) is 6.54 Å². The highest BCUT2D eigenvalue weighted by Gasteiger charge is 2.38. The van der Waals surface area contributed by atoms with Gasteiger partial charge in [0.05, 0.1) is 40.0 Å². The van der Waals surface area contributed by atoms with Crippen molar-refractivity contribution in [3.8, 4) is 0 Å². The third-order valence-corrected chi connectivity index (χ3v) is 5.92. The third-order valence-electron chi connectivity index (χ3n) is 5.37. The van der Waals surface area contributed by atoms with E-state index in [0.717, 1.165) is 16.0 Å². The summed E-state index contributed by atoms with van der Waals surface area (Å²) >= 11 is 6.18. The maximum absolute atomic E-state index is 13.5. The van der Waals surface area contributed by atoms with Crippen molar-refractivity contribution in [1.82, 2.24) is 34.8 Å². The number of aryl methyl sites for hydroxylation is 1. The molecule has 0 saturated carbocycles. The van der Waals surface area contributed by atoms with Crippen LogP contribution in [0.15, 0.2) is 28.8 Å². The Bertz CT molecular complexity index is 1340. The number of nitrogens with zero attached hydrogens (tertiary/aromatic N) is 6. The van der Waals surface area contributed by atoms with Gasteiger partial charge >= 0.3 is 18.0 Å². The number of amides is 1. The summed E-state index contributed by atoms with van der Waals surface area (Å²) in [6.07, 6.45) is -4.11. The molecular weight excluding hydrogens is 475 g/mol. The van der Waals surface area contributed by atoms with Gasteiger partial charge in [0.15, 0.2) is 5.82 Å². The Morgan fingerprint density at radius 1 is 1.24 bits per heavy atom. The molecule has 0 fully saturated rings. The van der Waals surface area contributed by atoms with E-state index in [4.69, 9.17) is 16.1 Å². The van der Waals surface area contributed by atoms with Gasteiger partial charge in [-0.3, -0.25) is 9.48 Å². The fourth-order valence-electron chi connectivity index (χ4n) is 3.67. The lowest BCUT2D eigenvalue weighted by Gasteiger charge is -2.14. The van der Waals surface area contributed by atoms with Crippen molar-refractivity contribution in [1.29, 1.82) is 0 Å². The number of hydrogen-bond acceptors (Lipinski definition) is 6. The lowest BCUT2D eigenvalue weighted by molar-refractivity contribution is -0.146. The molecule has 4 aromatic rings. The minimum Gasteiger partial charge on any atom is -0.348 e. The normalized spacial score (nSPS) is 12.9. The van der Waals surface area contributed by atoms with E-state index < -0.39 is 17.9 Å². The number of imidazole rings is 1. The second-order valence-corrected chi connectivity index (χ2v) is 8.22. The monoisotopic (exact) mass is 495 g/mol. The van der Waals surface area contributed by atoms with Crippen LogP contribution in [0.5, 0.6) is 0 Å². The minimum absolute atomic E-state index is 0.0277. The van der Waals surface area contributed by atoms with Crippen molar-refractivity contribution in [3.05, 3.63) is 58.2 Å². The first-order chi connectivity index (χ1) is 16.1. The molecule has 1 N–H and O–H groups in total. The molecular formula is C21H21ClF3N7O2. The number of aromatic nitrogens is 6. The zero-order valence-electron chi connectivity index (χ0n) is 18.5. The molecule has 9 nitrogen and oxygen atoms in total. The Labute approximate surface area is 196 Å². The molecule has 0 bridgehead atoms. The lowest BCUT2D eigenvalue weighted by atomic mass is 10.2. The average molecular weight is 496 g/mol. The van der Waals surface area contributed by atoms with E-state index in [0.29, 0.717) is 11.4 Å². The van der Waals surface area contributed by atoms with E-state index in [2.05, 4.69) is 25.5 Å². The number of halogens is 4. The predicted molar refractivity (Wildman–Crippen MR) is 117 cm³/mol. The van der Waals surface area contributed by atoms with Crippen molar-refractivity contribution in [2.24, 2.45) is 0 Å². The molecule has 180 valence electrons. The smallest absolute Gasteiger partial charge is 0.348 e.